The van der Waals surface area contributed by atoms with E-state index in [1.807, 2.05) is 6.07 Å². The molecular formula is C23H19Cl2N5O3. The molecule has 2 aliphatic rings. The maximum absolute atomic E-state index is 13.1. The molecule has 0 atom stereocenters. The number of para-hydroxylation sites is 1. The zero-order valence-corrected chi connectivity index (χ0v) is 19.1. The fraction of sp³-hybridized carbons (Fsp3) is 0.217. The quantitative estimate of drug-likeness (QED) is 0.531. The molecule has 1 amide bonds. The number of rotatable bonds is 4. The highest BCUT2D eigenvalue weighted by Gasteiger charge is 2.31. The summed E-state index contributed by atoms with van der Waals surface area (Å²) in [6.45, 7) is 2.98. The SMILES string of the molecule is CC(=O)c1cc(Nc2ncc3c(n2)OCN(c2c(Cl)cccc2Cl)C3=O)cc2c1CNCC2. The summed E-state index contributed by atoms with van der Waals surface area (Å²) in [5, 5.41) is 7.11. The molecule has 3 aromatic rings. The summed E-state index contributed by atoms with van der Waals surface area (Å²) >= 11 is 12.5. The lowest BCUT2D eigenvalue weighted by Gasteiger charge is -2.29. The molecule has 2 aromatic carbocycles. The minimum atomic E-state index is -0.363. The number of ether oxygens (including phenoxy) is 1. The monoisotopic (exact) mass is 483 g/mol. The summed E-state index contributed by atoms with van der Waals surface area (Å²) in [6, 6.07) is 8.80. The van der Waals surface area contributed by atoms with Crippen LogP contribution in [0.4, 0.5) is 17.3 Å². The second-order valence-electron chi connectivity index (χ2n) is 7.76. The lowest BCUT2D eigenvalue weighted by atomic mass is 9.93. The van der Waals surface area contributed by atoms with Crippen molar-refractivity contribution in [3.05, 3.63) is 68.8 Å². The van der Waals surface area contributed by atoms with Crippen molar-refractivity contribution in [3.63, 3.8) is 0 Å². The smallest absolute Gasteiger partial charge is 0.268 e. The van der Waals surface area contributed by atoms with E-state index in [1.54, 1.807) is 31.2 Å². The van der Waals surface area contributed by atoms with Crippen molar-refractivity contribution in [2.75, 3.05) is 23.5 Å². The number of anilines is 3. The summed E-state index contributed by atoms with van der Waals surface area (Å²) in [7, 11) is 0. The Labute approximate surface area is 199 Å². The third-order valence-corrected chi connectivity index (χ3v) is 6.23. The summed E-state index contributed by atoms with van der Waals surface area (Å²) in [5.74, 6) is 0.0511. The number of ketones is 1. The van der Waals surface area contributed by atoms with Gasteiger partial charge in [-0.1, -0.05) is 29.3 Å². The average molecular weight is 484 g/mol. The zero-order chi connectivity index (χ0) is 23.1. The number of aromatic nitrogens is 2. The topological polar surface area (TPSA) is 96.4 Å². The Hall–Kier alpha value is -3.20. The molecule has 168 valence electrons. The number of carbonyl (C=O) groups is 2. The number of Topliss-reactive ketones (excluding diaryl/α,β-unsaturated/α-hetero) is 1. The minimum Gasteiger partial charge on any atom is -0.455 e. The lowest BCUT2D eigenvalue weighted by molar-refractivity contribution is 0.0931. The molecule has 0 unspecified atom stereocenters. The van der Waals surface area contributed by atoms with Crippen molar-refractivity contribution in [2.24, 2.45) is 0 Å². The van der Waals surface area contributed by atoms with Crippen LogP contribution in [0.25, 0.3) is 0 Å². The Morgan fingerprint density at radius 3 is 2.79 bits per heavy atom. The van der Waals surface area contributed by atoms with Gasteiger partial charge >= 0.3 is 0 Å². The molecule has 3 heterocycles. The van der Waals surface area contributed by atoms with Gasteiger partial charge in [0.1, 0.15) is 5.56 Å². The fourth-order valence-corrected chi connectivity index (χ4v) is 4.64. The molecule has 10 heteroatoms. The molecule has 0 fully saturated rings. The standard InChI is InChI=1S/C23H19Cl2N5O3/c1-12(31)15-8-14(7-13-5-6-26-9-16(13)15)28-23-27-10-17-21(29-23)33-11-30(22(17)32)20-18(24)3-2-4-19(20)25/h2-4,7-8,10,26H,5-6,9,11H2,1H3,(H,27,28,29). The number of benzene rings is 2. The Balaban J connectivity index is 1.43. The molecule has 0 radical (unpaired) electrons. The van der Waals surface area contributed by atoms with Gasteiger partial charge in [-0.05, 0) is 55.3 Å². The van der Waals surface area contributed by atoms with Crippen molar-refractivity contribution in [2.45, 2.75) is 19.9 Å². The van der Waals surface area contributed by atoms with Crippen LogP contribution in [0.2, 0.25) is 10.0 Å². The normalized spacial score (nSPS) is 14.9. The molecular weight excluding hydrogens is 465 g/mol. The van der Waals surface area contributed by atoms with Gasteiger partial charge in [-0.15, -0.1) is 0 Å². The Bertz CT molecular complexity index is 1280. The average Bonchev–Trinajstić information content (AvgIpc) is 2.79. The summed E-state index contributed by atoms with van der Waals surface area (Å²) in [5.41, 5.74) is 4.08. The Morgan fingerprint density at radius 2 is 2.03 bits per heavy atom. The molecule has 1 aromatic heterocycles. The molecule has 5 rings (SSSR count). The van der Waals surface area contributed by atoms with Crippen molar-refractivity contribution in [3.8, 4) is 5.88 Å². The summed E-state index contributed by atoms with van der Waals surface area (Å²) < 4.78 is 5.74. The largest absolute Gasteiger partial charge is 0.455 e. The van der Waals surface area contributed by atoms with E-state index in [0.29, 0.717) is 33.5 Å². The maximum Gasteiger partial charge on any atom is 0.268 e. The van der Waals surface area contributed by atoms with E-state index in [0.717, 1.165) is 24.1 Å². The van der Waals surface area contributed by atoms with Crippen molar-refractivity contribution in [1.82, 2.24) is 15.3 Å². The molecule has 0 saturated heterocycles. The summed E-state index contributed by atoms with van der Waals surface area (Å²) in [4.78, 5) is 35.2. The number of hydrogen-bond acceptors (Lipinski definition) is 7. The van der Waals surface area contributed by atoms with Gasteiger partial charge in [0.2, 0.25) is 11.8 Å². The van der Waals surface area contributed by atoms with Crippen LogP contribution in [0.5, 0.6) is 5.88 Å². The van der Waals surface area contributed by atoms with Gasteiger partial charge in [-0.2, -0.15) is 4.98 Å². The number of fused-ring (bicyclic) bond motifs is 2. The first-order valence-corrected chi connectivity index (χ1v) is 11.1. The van der Waals surface area contributed by atoms with Crippen molar-refractivity contribution < 1.29 is 14.3 Å². The second kappa shape index (κ2) is 8.62. The van der Waals surface area contributed by atoms with Gasteiger partial charge < -0.3 is 15.4 Å². The van der Waals surface area contributed by atoms with Gasteiger partial charge in [0, 0.05) is 24.0 Å². The van der Waals surface area contributed by atoms with Crippen LogP contribution in [-0.2, 0) is 13.0 Å². The molecule has 2 aliphatic heterocycles. The third kappa shape index (κ3) is 4.01. The highest BCUT2D eigenvalue weighted by atomic mass is 35.5. The number of amides is 1. The number of hydrogen-bond donors (Lipinski definition) is 2. The molecule has 33 heavy (non-hydrogen) atoms. The highest BCUT2D eigenvalue weighted by Crippen LogP contribution is 2.37. The Morgan fingerprint density at radius 1 is 1.24 bits per heavy atom. The third-order valence-electron chi connectivity index (χ3n) is 5.62. The number of nitrogens with one attached hydrogen (secondary N) is 2. The maximum atomic E-state index is 13.1. The molecule has 0 saturated carbocycles. The van der Waals surface area contributed by atoms with Crippen LogP contribution in [0.15, 0.2) is 36.5 Å². The van der Waals surface area contributed by atoms with E-state index in [9.17, 15) is 9.59 Å². The second-order valence-corrected chi connectivity index (χ2v) is 8.57. The molecule has 0 aliphatic carbocycles. The van der Waals surface area contributed by atoms with Crippen LogP contribution in [0.1, 0.15) is 38.8 Å². The first kappa shape index (κ1) is 21.6. The van der Waals surface area contributed by atoms with Crippen molar-refractivity contribution in [1.29, 1.82) is 0 Å². The lowest BCUT2D eigenvalue weighted by Crippen LogP contribution is -2.39. The minimum absolute atomic E-state index is 0.00258. The van der Waals surface area contributed by atoms with Gasteiger partial charge in [-0.25, -0.2) is 4.98 Å². The van der Waals surface area contributed by atoms with Gasteiger partial charge in [0.15, 0.2) is 12.5 Å². The number of halogens is 2. The van der Waals surface area contributed by atoms with Crippen LogP contribution in [-0.4, -0.2) is 34.9 Å². The number of nitrogens with zero attached hydrogens (tertiary/aromatic N) is 3. The zero-order valence-electron chi connectivity index (χ0n) is 17.6. The van der Waals surface area contributed by atoms with Crippen molar-refractivity contribution >= 4 is 52.2 Å². The van der Waals surface area contributed by atoms with Crippen LogP contribution < -0.4 is 20.3 Å². The van der Waals surface area contributed by atoms with E-state index in [4.69, 9.17) is 27.9 Å². The van der Waals surface area contributed by atoms with E-state index in [-0.39, 0.29) is 35.8 Å². The van der Waals surface area contributed by atoms with Crippen LogP contribution in [0, 0.1) is 0 Å². The predicted octanol–water partition coefficient (Wildman–Crippen LogP) is 4.37. The van der Waals surface area contributed by atoms with E-state index in [1.165, 1.54) is 11.1 Å². The van der Waals surface area contributed by atoms with E-state index in [2.05, 4.69) is 20.6 Å². The van der Waals surface area contributed by atoms with E-state index < -0.39 is 0 Å². The number of carbonyl (C=O) groups excluding carboxylic acids is 2. The molecule has 0 bridgehead atoms. The van der Waals surface area contributed by atoms with E-state index >= 15 is 0 Å². The molecule has 8 nitrogen and oxygen atoms in total. The molecule has 2 N–H and O–H groups in total. The first-order chi connectivity index (χ1) is 15.9. The molecule has 0 spiro atoms. The fourth-order valence-electron chi connectivity index (χ4n) is 4.04. The predicted molar refractivity (Wildman–Crippen MR) is 126 cm³/mol. The van der Waals surface area contributed by atoms with Gasteiger partial charge in [0.25, 0.3) is 5.91 Å². The van der Waals surface area contributed by atoms with Crippen LogP contribution >= 0.6 is 23.2 Å². The van der Waals surface area contributed by atoms with Crippen LogP contribution in [0.3, 0.4) is 0 Å². The summed E-state index contributed by atoms with van der Waals surface area (Å²) in [6.07, 6.45) is 2.23. The first-order valence-electron chi connectivity index (χ1n) is 10.3. The highest BCUT2D eigenvalue weighted by molar-refractivity contribution is 6.40. The Kier molecular flexibility index (Phi) is 5.65. The van der Waals surface area contributed by atoms with Gasteiger partial charge in [-0.3, -0.25) is 14.5 Å². The van der Waals surface area contributed by atoms with Gasteiger partial charge in [0.05, 0.1) is 15.7 Å².